The van der Waals surface area contributed by atoms with Crippen LogP contribution >= 0.6 is 11.6 Å². The Balaban J connectivity index is 2.84. The van der Waals surface area contributed by atoms with E-state index in [4.69, 9.17) is 11.6 Å². The zero-order valence-electron chi connectivity index (χ0n) is 7.59. The molecule has 1 aromatic carbocycles. The first-order valence-corrected chi connectivity index (χ1v) is 4.88. The van der Waals surface area contributed by atoms with Crippen molar-refractivity contribution in [3.63, 3.8) is 0 Å². The van der Waals surface area contributed by atoms with Gasteiger partial charge in [-0.1, -0.05) is 36.4 Å². The average molecular weight is 217 g/mol. The van der Waals surface area contributed by atoms with Gasteiger partial charge in [-0.15, -0.1) is 11.6 Å². The number of rotatable bonds is 4. The summed E-state index contributed by atoms with van der Waals surface area (Å²) >= 11 is 5.47. The van der Waals surface area contributed by atoms with Crippen LogP contribution in [0.25, 0.3) is 6.08 Å². The van der Waals surface area contributed by atoms with Crippen molar-refractivity contribution in [2.24, 2.45) is 0 Å². The molecule has 0 aliphatic heterocycles. The van der Waals surface area contributed by atoms with Crippen molar-refractivity contribution in [1.29, 1.82) is 0 Å². The quantitative estimate of drug-likeness (QED) is 0.660. The number of hydrogen-bond donors (Lipinski definition) is 0. The fourth-order valence-electron chi connectivity index (χ4n) is 1.13. The van der Waals surface area contributed by atoms with Gasteiger partial charge in [0, 0.05) is 11.4 Å². The minimum absolute atomic E-state index is 0.0679. The molecule has 0 aliphatic carbocycles. The van der Waals surface area contributed by atoms with E-state index >= 15 is 0 Å². The Labute approximate surface area is 87.2 Å². The average Bonchev–Trinajstić information content (AvgIpc) is 2.19. The van der Waals surface area contributed by atoms with Crippen LogP contribution in [0, 0.1) is 0 Å². The van der Waals surface area contributed by atoms with Crippen molar-refractivity contribution < 1.29 is 8.78 Å². The van der Waals surface area contributed by atoms with Gasteiger partial charge in [-0.05, 0) is 12.0 Å². The first-order chi connectivity index (χ1) is 6.75. The van der Waals surface area contributed by atoms with Crippen LogP contribution in [0.3, 0.4) is 0 Å². The lowest BCUT2D eigenvalue weighted by atomic mass is 10.1. The normalized spacial score (nSPS) is 11.4. The molecule has 76 valence electrons. The van der Waals surface area contributed by atoms with Crippen molar-refractivity contribution in [2.45, 2.75) is 12.8 Å². The van der Waals surface area contributed by atoms with Gasteiger partial charge in [0.25, 0.3) is 6.43 Å². The molecule has 1 rings (SSSR count). The van der Waals surface area contributed by atoms with Crippen LogP contribution in [0.15, 0.2) is 30.3 Å². The Morgan fingerprint density at radius 2 is 2.00 bits per heavy atom. The molecule has 0 N–H and O–H groups in total. The molecular weight excluding hydrogens is 206 g/mol. The highest BCUT2D eigenvalue weighted by atomic mass is 35.5. The van der Waals surface area contributed by atoms with E-state index in [-0.39, 0.29) is 5.56 Å². The highest BCUT2D eigenvalue weighted by Crippen LogP contribution is 2.23. The summed E-state index contributed by atoms with van der Waals surface area (Å²) in [6, 6.07) is 6.46. The summed E-state index contributed by atoms with van der Waals surface area (Å²) in [5.74, 6) is 0.507. The second kappa shape index (κ2) is 5.76. The predicted octanol–water partition coefficient (Wildman–Crippen LogP) is 4.27. The standard InChI is InChI=1S/C11H11ClF2/c12-8-4-3-6-9-5-1-2-7-10(9)11(13)14/h1-3,5-7,11H,4,8H2. The molecule has 0 fully saturated rings. The molecule has 0 radical (unpaired) electrons. The van der Waals surface area contributed by atoms with Crippen molar-refractivity contribution in [2.75, 3.05) is 5.88 Å². The molecule has 0 atom stereocenters. The zero-order chi connectivity index (χ0) is 10.4. The van der Waals surface area contributed by atoms with Gasteiger partial charge in [-0.25, -0.2) is 8.78 Å². The first-order valence-electron chi connectivity index (χ1n) is 4.35. The molecule has 0 amide bonds. The summed E-state index contributed by atoms with van der Waals surface area (Å²) in [7, 11) is 0. The molecule has 0 heterocycles. The molecule has 0 unspecified atom stereocenters. The van der Waals surface area contributed by atoms with E-state index in [0.29, 0.717) is 17.9 Å². The monoisotopic (exact) mass is 216 g/mol. The van der Waals surface area contributed by atoms with Gasteiger partial charge in [0.2, 0.25) is 0 Å². The summed E-state index contributed by atoms with van der Waals surface area (Å²) < 4.78 is 25.0. The molecule has 3 heteroatoms. The summed E-state index contributed by atoms with van der Waals surface area (Å²) in [4.78, 5) is 0. The summed E-state index contributed by atoms with van der Waals surface area (Å²) in [5, 5.41) is 0. The Morgan fingerprint density at radius 1 is 1.29 bits per heavy atom. The fourth-order valence-corrected chi connectivity index (χ4v) is 1.26. The zero-order valence-corrected chi connectivity index (χ0v) is 8.35. The van der Waals surface area contributed by atoms with Gasteiger partial charge in [-0.3, -0.25) is 0 Å². The SMILES string of the molecule is FC(F)c1ccccc1C=CCCCl. The Hall–Kier alpha value is -0.890. The van der Waals surface area contributed by atoms with Crippen LogP contribution in [-0.2, 0) is 0 Å². The van der Waals surface area contributed by atoms with Crippen LogP contribution in [0.4, 0.5) is 8.78 Å². The van der Waals surface area contributed by atoms with Crippen LogP contribution in [0.1, 0.15) is 24.0 Å². The predicted molar refractivity (Wildman–Crippen MR) is 55.8 cm³/mol. The summed E-state index contributed by atoms with van der Waals surface area (Å²) in [6.07, 6.45) is 1.75. The number of allylic oxidation sites excluding steroid dienone is 1. The molecule has 1 aromatic rings. The minimum Gasteiger partial charge on any atom is -0.205 e. The third-order valence-corrected chi connectivity index (χ3v) is 2.02. The maximum Gasteiger partial charge on any atom is 0.264 e. The molecule has 0 saturated carbocycles. The van der Waals surface area contributed by atoms with Gasteiger partial charge in [0.15, 0.2) is 0 Å². The van der Waals surface area contributed by atoms with Crippen LogP contribution in [-0.4, -0.2) is 5.88 Å². The summed E-state index contributed by atoms with van der Waals surface area (Å²) in [6.45, 7) is 0. The minimum atomic E-state index is -2.42. The fraction of sp³-hybridized carbons (Fsp3) is 0.273. The van der Waals surface area contributed by atoms with E-state index < -0.39 is 6.43 Å². The van der Waals surface area contributed by atoms with Crippen LogP contribution < -0.4 is 0 Å². The lowest BCUT2D eigenvalue weighted by Crippen LogP contribution is -1.87. The molecule has 0 nitrogen and oxygen atoms in total. The third kappa shape index (κ3) is 3.11. The molecular formula is C11H11ClF2. The number of hydrogen-bond acceptors (Lipinski definition) is 0. The van der Waals surface area contributed by atoms with Crippen molar-refractivity contribution in [3.05, 3.63) is 41.5 Å². The lowest BCUT2D eigenvalue weighted by molar-refractivity contribution is 0.151. The Morgan fingerprint density at radius 3 is 2.64 bits per heavy atom. The Bertz CT molecular complexity index is 308. The van der Waals surface area contributed by atoms with E-state index in [9.17, 15) is 8.78 Å². The maximum absolute atomic E-state index is 12.5. The second-order valence-electron chi connectivity index (χ2n) is 2.81. The molecule has 0 saturated heterocycles. The van der Waals surface area contributed by atoms with Crippen LogP contribution in [0.2, 0.25) is 0 Å². The first kappa shape index (κ1) is 11.2. The van der Waals surface area contributed by atoms with E-state index in [2.05, 4.69) is 0 Å². The van der Waals surface area contributed by atoms with Gasteiger partial charge in [0.05, 0.1) is 0 Å². The second-order valence-corrected chi connectivity index (χ2v) is 3.19. The van der Waals surface area contributed by atoms with Crippen molar-refractivity contribution >= 4 is 17.7 Å². The largest absolute Gasteiger partial charge is 0.264 e. The lowest BCUT2D eigenvalue weighted by Gasteiger charge is -2.03. The molecule has 0 aromatic heterocycles. The molecule has 0 bridgehead atoms. The molecule has 14 heavy (non-hydrogen) atoms. The summed E-state index contributed by atoms with van der Waals surface area (Å²) in [5.41, 5.74) is 0.630. The number of halogens is 3. The van der Waals surface area contributed by atoms with Crippen molar-refractivity contribution in [3.8, 4) is 0 Å². The van der Waals surface area contributed by atoms with Crippen LogP contribution in [0.5, 0.6) is 0 Å². The highest BCUT2D eigenvalue weighted by molar-refractivity contribution is 6.17. The molecule has 0 spiro atoms. The number of alkyl halides is 3. The van der Waals surface area contributed by atoms with E-state index in [1.54, 1.807) is 30.4 Å². The van der Waals surface area contributed by atoms with E-state index in [0.717, 1.165) is 0 Å². The topological polar surface area (TPSA) is 0 Å². The number of benzene rings is 1. The van der Waals surface area contributed by atoms with Gasteiger partial charge in [-0.2, -0.15) is 0 Å². The van der Waals surface area contributed by atoms with Gasteiger partial charge >= 0.3 is 0 Å². The smallest absolute Gasteiger partial charge is 0.205 e. The van der Waals surface area contributed by atoms with E-state index in [1.807, 2.05) is 0 Å². The van der Waals surface area contributed by atoms with Crippen molar-refractivity contribution in [1.82, 2.24) is 0 Å². The maximum atomic E-state index is 12.5. The Kier molecular flexibility index (Phi) is 4.60. The van der Waals surface area contributed by atoms with Gasteiger partial charge < -0.3 is 0 Å². The third-order valence-electron chi connectivity index (χ3n) is 1.80. The molecule has 0 aliphatic rings. The van der Waals surface area contributed by atoms with Gasteiger partial charge in [0.1, 0.15) is 0 Å². The van der Waals surface area contributed by atoms with E-state index in [1.165, 1.54) is 6.07 Å². The highest BCUT2D eigenvalue weighted by Gasteiger charge is 2.09.